The summed E-state index contributed by atoms with van der Waals surface area (Å²) in [6.07, 6.45) is 10.8. The Morgan fingerprint density at radius 1 is 1.17 bits per heavy atom. The van der Waals surface area contributed by atoms with Gasteiger partial charge in [-0.3, -0.25) is 14.8 Å². The number of H-pyrrole nitrogens is 1. The fourth-order valence-electron chi connectivity index (χ4n) is 5.56. The molecule has 2 fully saturated rings. The van der Waals surface area contributed by atoms with Crippen LogP contribution >= 0.6 is 0 Å². The van der Waals surface area contributed by atoms with Gasteiger partial charge in [0.15, 0.2) is 11.5 Å². The van der Waals surface area contributed by atoms with E-state index < -0.39 is 0 Å². The summed E-state index contributed by atoms with van der Waals surface area (Å²) in [6.45, 7) is 4.34. The Morgan fingerprint density at radius 2 is 2.02 bits per heavy atom. The van der Waals surface area contributed by atoms with E-state index in [4.69, 9.17) is 4.74 Å². The Morgan fingerprint density at radius 3 is 2.83 bits per heavy atom. The highest BCUT2D eigenvalue weighted by molar-refractivity contribution is 5.93. The van der Waals surface area contributed by atoms with Crippen LogP contribution in [0.4, 0.5) is 5.82 Å². The minimum absolute atomic E-state index is 0.0735. The topological polar surface area (TPSA) is 86.4 Å². The number of aromatic nitrogens is 3. The second-order valence-electron chi connectivity index (χ2n) is 11.3. The van der Waals surface area contributed by atoms with Crippen molar-refractivity contribution >= 4 is 22.8 Å². The molecule has 212 valence electrons. The number of nitrogens with one attached hydrogen (secondary N) is 2. The van der Waals surface area contributed by atoms with Gasteiger partial charge < -0.3 is 15.0 Å². The lowest BCUT2D eigenvalue weighted by Crippen LogP contribution is -2.44. The molecule has 8 nitrogen and oxygen atoms in total. The van der Waals surface area contributed by atoms with Crippen molar-refractivity contribution in [2.45, 2.75) is 51.1 Å². The van der Waals surface area contributed by atoms with Crippen LogP contribution in [0.2, 0.25) is 0 Å². The summed E-state index contributed by atoms with van der Waals surface area (Å²) in [5, 5.41) is 12.0. The van der Waals surface area contributed by atoms with Gasteiger partial charge in [0.25, 0.3) is 0 Å². The molecular weight excluding hydrogens is 512 g/mol. The molecule has 1 saturated carbocycles. The lowest BCUT2D eigenvalue weighted by atomic mass is 10.0. The lowest BCUT2D eigenvalue weighted by Gasteiger charge is -2.32. The van der Waals surface area contributed by atoms with E-state index in [1.165, 1.54) is 29.5 Å². The third-order valence-corrected chi connectivity index (χ3v) is 8.10. The molecule has 4 aromatic rings. The number of anilines is 1. The van der Waals surface area contributed by atoms with Crippen molar-refractivity contribution in [2.75, 3.05) is 32.0 Å². The quantitative estimate of drug-likeness (QED) is 0.246. The number of pyridine rings is 1. The van der Waals surface area contributed by atoms with Gasteiger partial charge in [-0.05, 0) is 74.9 Å². The van der Waals surface area contributed by atoms with Crippen molar-refractivity contribution in [2.24, 2.45) is 0 Å². The van der Waals surface area contributed by atoms with Crippen LogP contribution in [0, 0.1) is 6.92 Å². The molecule has 2 N–H and O–H groups in total. The van der Waals surface area contributed by atoms with Gasteiger partial charge in [0.2, 0.25) is 5.91 Å². The summed E-state index contributed by atoms with van der Waals surface area (Å²) in [4.78, 5) is 21.6. The maximum absolute atomic E-state index is 12.9. The van der Waals surface area contributed by atoms with Gasteiger partial charge in [-0.25, -0.2) is 4.98 Å². The number of ether oxygens (including phenoxy) is 1. The number of fused-ring (bicyclic) bond motifs is 1. The first-order valence-electron chi connectivity index (χ1n) is 14.6. The Kier molecular flexibility index (Phi) is 8.00. The summed E-state index contributed by atoms with van der Waals surface area (Å²) in [7, 11) is 2.12. The minimum Gasteiger partial charge on any atom is -0.456 e. The first-order chi connectivity index (χ1) is 20.0. The highest BCUT2D eigenvalue weighted by Gasteiger charge is 2.26. The van der Waals surface area contributed by atoms with Crippen LogP contribution < -0.4 is 10.1 Å². The number of rotatable bonds is 10. The van der Waals surface area contributed by atoms with E-state index in [-0.39, 0.29) is 11.9 Å². The number of amides is 1. The Labute approximate surface area is 241 Å². The number of hydrogen-bond acceptors (Lipinski definition) is 6. The number of likely N-dealkylation sites (tertiary alicyclic amines) is 1. The summed E-state index contributed by atoms with van der Waals surface area (Å²) in [5.41, 5.74) is 4.40. The number of nitrogens with zero attached hydrogens (tertiary/aromatic N) is 4. The molecule has 2 aliphatic rings. The van der Waals surface area contributed by atoms with E-state index in [0.29, 0.717) is 29.8 Å². The van der Waals surface area contributed by atoms with Gasteiger partial charge in [0.05, 0.1) is 0 Å². The second kappa shape index (κ2) is 12.1. The average molecular weight is 551 g/mol. The molecule has 2 aromatic heterocycles. The zero-order valence-corrected chi connectivity index (χ0v) is 23.8. The van der Waals surface area contributed by atoms with Crippen LogP contribution in [-0.4, -0.2) is 69.7 Å². The SMILES string of the molecule is Cc1cc(Oc2ccnc3[nH]nc(NC4CCCN(C(=O)/C=C/CN(C)C5CC5)C4)c23)ccc1Cc1ccccc1. The van der Waals surface area contributed by atoms with Crippen LogP contribution in [0.3, 0.4) is 0 Å². The van der Waals surface area contributed by atoms with Gasteiger partial charge in [-0.2, -0.15) is 5.10 Å². The molecule has 41 heavy (non-hydrogen) atoms. The molecule has 1 atom stereocenters. The van der Waals surface area contributed by atoms with Crippen LogP contribution in [0.1, 0.15) is 42.4 Å². The molecule has 6 rings (SSSR count). The zero-order valence-electron chi connectivity index (χ0n) is 23.8. The summed E-state index contributed by atoms with van der Waals surface area (Å²) < 4.78 is 6.39. The van der Waals surface area contributed by atoms with Crippen molar-refractivity contribution < 1.29 is 9.53 Å². The zero-order chi connectivity index (χ0) is 28.2. The van der Waals surface area contributed by atoms with Crippen LogP contribution in [0.15, 0.2) is 72.9 Å². The molecule has 8 heteroatoms. The number of likely N-dealkylation sites (N-methyl/N-ethyl adjacent to an activating group) is 1. The Bertz CT molecular complexity index is 1530. The maximum Gasteiger partial charge on any atom is 0.246 e. The molecule has 0 bridgehead atoms. The Hall–Kier alpha value is -4.17. The van der Waals surface area contributed by atoms with Crippen molar-refractivity contribution in [3.05, 3.63) is 89.6 Å². The van der Waals surface area contributed by atoms with Crippen molar-refractivity contribution in [3.8, 4) is 11.5 Å². The van der Waals surface area contributed by atoms with Gasteiger partial charge >= 0.3 is 0 Å². The smallest absolute Gasteiger partial charge is 0.246 e. The van der Waals surface area contributed by atoms with E-state index in [2.05, 4.69) is 75.8 Å². The first-order valence-corrected chi connectivity index (χ1v) is 14.6. The lowest BCUT2D eigenvalue weighted by molar-refractivity contribution is -0.127. The number of aryl methyl sites for hydroxylation is 1. The number of aromatic amines is 1. The molecule has 0 radical (unpaired) electrons. The number of hydrogen-bond donors (Lipinski definition) is 2. The van der Waals surface area contributed by atoms with Crippen molar-refractivity contribution in [3.63, 3.8) is 0 Å². The standard InChI is InChI=1S/C33H38N6O2/c1-23-20-28(15-12-25(23)21-24-8-4-3-5-9-24)41-29-16-17-34-32-31(29)33(37-36-32)35-26-10-6-19-39(22-26)30(40)11-7-18-38(2)27-13-14-27/h3-5,7-9,11-12,15-17,20,26-27H,6,10,13-14,18-19,21-22H2,1-2H3,(H2,34,35,36,37)/b11-7+. The maximum atomic E-state index is 12.9. The number of carbonyl (C=O) groups excluding carboxylic acids is 1. The highest BCUT2D eigenvalue weighted by Crippen LogP contribution is 2.34. The van der Waals surface area contributed by atoms with E-state index >= 15 is 0 Å². The largest absolute Gasteiger partial charge is 0.456 e. The van der Waals surface area contributed by atoms with Gasteiger partial charge in [0.1, 0.15) is 16.9 Å². The predicted octanol–water partition coefficient (Wildman–Crippen LogP) is 5.70. The third-order valence-electron chi connectivity index (χ3n) is 8.10. The molecule has 1 aliphatic heterocycles. The normalized spacial score (nSPS) is 17.4. The number of carbonyl (C=O) groups is 1. The second-order valence-corrected chi connectivity index (χ2v) is 11.3. The summed E-state index contributed by atoms with van der Waals surface area (Å²) in [5.74, 6) is 2.23. The van der Waals surface area contributed by atoms with E-state index in [0.717, 1.165) is 43.5 Å². The molecule has 1 amide bonds. The van der Waals surface area contributed by atoms with Crippen LogP contribution in [0.25, 0.3) is 11.0 Å². The molecule has 0 spiro atoms. The molecule has 3 heterocycles. The average Bonchev–Trinajstić information content (AvgIpc) is 3.76. The minimum atomic E-state index is 0.0735. The predicted molar refractivity (Wildman–Crippen MR) is 162 cm³/mol. The van der Waals surface area contributed by atoms with E-state index in [1.807, 2.05) is 29.2 Å². The number of piperidine rings is 1. The van der Waals surface area contributed by atoms with Crippen LogP contribution in [-0.2, 0) is 11.2 Å². The molecular formula is C33H38N6O2. The fraction of sp³-hybridized carbons (Fsp3) is 0.364. The van der Waals surface area contributed by atoms with Gasteiger partial charge in [-0.1, -0.05) is 42.5 Å². The van der Waals surface area contributed by atoms with Crippen molar-refractivity contribution in [1.29, 1.82) is 0 Å². The summed E-state index contributed by atoms with van der Waals surface area (Å²) >= 11 is 0. The summed E-state index contributed by atoms with van der Waals surface area (Å²) in [6, 6.07) is 19.4. The third kappa shape index (κ3) is 6.60. The molecule has 1 aliphatic carbocycles. The van der Waals surface area contributed by atoms with Crippen molar-refractivity contribution in [1.82, 2.24) is 25.0 Å². The molecule has 1 saturated heterocycles. The molecule has 1 unspecified atom stereocenters. The highest BCUT2D eigenvalue weighted by atomic mass is 16.5. The van der Waals surface area contributed by atoms with Gasteiger partial charge in [-0.15, -0.1) is 0 Å². The number of benzene rings is 2. The molecule has 2 aromatic carbocycles. The first kappa shape index (κ1) is 27.0. The Balaban J connectivity index is 1.13. The fourth-order valence-corrected chi connectivity index (χ4v) is 5.56. The van der Waals surface area contributed by atoms with Gasteiger partial charge in [0, 0.05) is 50.1 Å². The monoisotopic (exact) mass is 550 g/mol. The van der Waals surface area contributed by atoms with E-state index in [1.54, 1.807) is 12.3 Å². The van der Waals surface area contributed by atoms with E-state index in [9.17, 15) is 4.79 Å². The van der Waals surface area contributed by atoms with Crippen LogP contribution in [0.5, 0.6) is 11.5 Å².